The zero-order valence-electron chi connectivity index (χ0n) is 20.5. The molecule has 0 aliphatic heterocycles. The standard InChI is InChI=1S/C30H39FO3/c1-3-4-5-7-23-9-12-25(13-10-23)26-14-16-27(17-15-26)28-18-11-24(20-29(28)31)8-6-19-34-30(33)22(2)21-32/h11,14-18,20,23,25,32H,2-10,12-13,19,21H2,1H3. The molecule has 2 aromatic carbocycles. The van der Waals surface area contributed by atoms with Crippen LogP contribution in [-0.2, 0) is 16.0 Å². The second-order valence-electron chi connectivity index (χ2n) is 9.65. The summed E-state index contributed by atoms with van der Waals surface area (Å²) >= 11 is 0. The van der Waals surface area contributed by atoms with Gasteiger partial charge in [0.2, 0.25) is 0 Å². The van der Waals surface area contributed by atoms with Gasteiger partial charge in [-0.2, -0.15) is 0 Å². The number of aliphatic hydroxyl groups excluding tert-OH is 1. The van der Waals surface area contributed by atoms with E-state index in [-0.39, 0.29) is 18.0 Å². The van der Waals surface area contributed by atoms with Gasteiger partial charge < -0.3 is 9.84 Å². The minimum absolute atomic E-state index is 0.0384. The van der Waals surface area contributed by atoms with E-state index in [4.69, 9.17) is 9.84 Å². The highest BCUT2D eigenvalue weighted by molar-refractivity contribution is 5.87. The van der Waals surface area contributed by atoms with Crippen molar-refractivity contribution in [1.82, 2.24) is 0 Å². The van der Waals surface area contributed by atoms with Gasteiger partial charge in [0.05, 0.1) is 18.8 Å². The van der Waals surface area contributed by atoms with E-state index in [1.807, 2.05) is 24.3 Å². The molecule has 0 atom stereocenters. The fourth-order valence-electron chi connectivity index (χ4n) is 4.96. The molecular weight excluding hydrogens is 427 g/mol. The number of esters is 1. The lowest BCUT2D eigenvalue weighted by atomic mass is 9.77. The van der Waals surface area contributed by atoms with Crippen LogP contribution >= 0.6 is 0 Å². The Labute approximate surface area is 204 Å². The molecule has 0 aromatic heterocycles. The third-order valence-corrected chi connectivity index (χ3v) is 7.11. The molecular formula is C30H39FO3. The summed E-state index contributed by atoms with van der Waals surface area (Å²) in [5.74, 6) is 0.713. The largest absolute Gasteiger partial charge is 0.462 e. The summed E-state index contributed by atoms with van der Waals surface area (Å²) in [4.78, 5) is 11.5. The van der Waals surface area contributed by atoms with E-state index in [0.29, 0.717) is 24.3 Å². The van der Waals surface area contributed by atoms with Crippen molar-refractivity contribution < 1.29 is 19.0 Å². The van der Waals surface area contributed by atoms with Crippen LogP contribution in [-0.4, -0.2) is 24.3 Å². The van der Waals surface area contributed by atoms with Crippen LogP contribution in [0.15, 0.2) is 54.6 Å². The SMILES string of the molecule is C=C(CO)C(=O)OCCCc1ccc(-c2ccc(C3CCC(CCCCC)CC3)cc2)c(F)c1. The van der Waals surface area contributed by atoms with Gasteiger partial charge in [0.25, 0.3) is 0 Å². The lowest BCUT2D eigenvalue weighted by molar-refractivity contribution is -0.139. The molecule has 4 heteroatoms. The van der Waals surface area contributed by atoms with Crippen molar-refractivity contribution in [2.45, 2.75) is 77.0 Å². The summed E-state index contributed by atoms with van der Waals surface area (Å²) in [6, 6.07) is 13.8. The molecule has 0 spiro atoms. The highest BCUT2D eigenvalue weighted by atomic mass is 19.1. The van der Waals surface area contributed by atoms with Gasteiger partial charge in [-0.1, -0.05) is 75.6 Å². The second-order valence-corrected chi connectivity index (χ2v) is 9.65. The quantitative estimate of drug-likeness (QED) is 0.202. The first-order chi connectivity index (χ1) is 16.5. The van der Waals surface area contributed by atoms with Crippen molar-refractivity contribution in [3.8, 4) is 11.1 Å². The third kappa shape index (κ3) is 7.53. The van der Waals surface area contributed by atoms with E-state index in [1.165, 1.54) is 56.9 Å². The molecule has 0 heterocycles. The number of carbonyl (C=O) groups excluding carboxylic acids is 1. The zero-order chi connectivity index (χ0) is 24.3. The van der Waals surface area contributed by atoms with Crippen molar-refractivity contribution in [3.05, 3.63) is 71.6 Å². The summed E-state index contributed by atoms with van der Waals surface area (Å²) < 4.78 is 19.9. The van der Waals surface area contributed by atoms with Crippen LogP contribution in [0.2, 0.25) is 0 Å². The van der Waals surface area contributed by atoms with Crippen molar-refractivity contribution in [1.29, 1.82) is 0 Å². The molecule has 3 rings (SSSR count). The fraction of sp³-hybridized carbons (Fsp3) is 0.500. The molecule has 0 saturated heterocycles. The van der Waals surface area contributed by atoms with Crippen molar-refractivity contribution in [2.24, 2.45) is 5.92 Å². The van der Waals surface area contributed by atoms with Gasteiger partial charge in [0.1, 0.15) is 5.82 Å². The Morgan fingerprint density at radius 3 is 2.44 bits per heavy atom. The van der Waals surface area contributed by atoms with Gasteiger partial charge in [-0.25, -0.2) is 9.18 Å². The van der Waals surface area contributed by atoms with Crippen molar-refractivity contribution >= 4 is 5.97 Å². The van der Waals surface area contributed by atoms with Gasteiger partial charge in [0, 0.05) is 5.56 Å². The molecule has 0 unspecified atom stereocenters. The average molecular weight is 467 g/mol. The highest BCUT2D eigenvalue weighted by Gasteiger charge is 2.22. The van der Waals surface area contributed by atoms with Crippen LogP contribution in [0.1, 0.15) is 81.8 Å². The molecule has 0 amide bonds. The number of benzene rings is 2. The second kappa shape index (κ2) is 13.4. The number of aryl methyl sites for hydroxylation is 1. The zero-order valence-corrected chi connectivity index (χ0v) is 20.5. The van der Waals surface area contributed by atoms with Crippen LogP contribution < -0.4 is 0 Å². The van der Waals surface area contributed by atoms with Gasteiger partial charge in [0.15, 0.2) is 0 Å². The Balaban J connectivity index is 1.50. The lowest BCUT2D eigenvalue weighted by Crippen LogP contribution is -2.13. The summed E-state index contributed by atoms with van der Waals surface area (Å²) in [6.07, 6.45) is 11.8. The summed E-state index contributed by atoms with van der Waals surface area (Å²) in [6.45, 7) is 5.50. The van der Waals surface area contributed by atoms with Gasteiger partial charge in [-0.05, 0) is 73.1 Å². The first-order valence-electron chi connectivity index (χ1n) is 12.9. The lowest BCUT2D eigenvalue weighted by Gasteiger charge is -2.29. The van der Waals surface area contributed by atoms with E-state index < -0.39 is 12.6 Å². The number of unbranched alkanes of at least 4 members (excludes halogenated alkanes) is 2. The molecule has 1 saturated carbocycles. The summed E-state index contributed by atoms with van der Waals surface area (Å²) in [5, 5.41) is 8.87. The van der Waals surface area contributed by atoms with E-state index in [1.54, 1.807) is 6.07 Å². The molecule has 1 N–H and O–H groups in total. The Bertz CT molecular complexity index is 927. The Hall–Kier alpha value is -2.46. The van der Waals surface area contributed by atoms with E-state index in [0.717, 1.165) is 17.0 Å². The van der Waals surface area contributed by atoms with Crippen LogP contribution in [0.4, 0.5) is 4.39 Å². The van der Waals surface area contributed by atoms with Crippen molar-refractivity contribution in [2.75, 3.05) is 13.2 Å². The maximum Gasteiger partial charge on any atom is 0.335 e. The maximum atomic E-state index is 14.8. The predicted octanol–water partition coefficient (Wildman–Crippen LogP) is 7.37. The first-order valence-corrected chi connectivity index (χ1v) is 12.9. The average Bonchev–Trinajstić information content (AvgIpc) is 2.87. The van der Waals surface area contributed by atoms with Crippen LogP contribution in [0.5, 0.6) is 0 Å². The van der Waals surface area contributed by atoms with Gasteiger partial charge >= 0.3 is 5.97 Å². The van der Waals surface area contributed by atoms with E-state index in [9.17, 15) is 9.18 Å². The Morgan fingerprint density at radius 1 is 1.06 bits per heavy atom. The number of carbonyl (C=O) groups is 1. The minimum Gasteiger partial charge on any atom is -0.462 e. The highest BCUT2D eigenvalue weighted by Crippen LogP contribution is 2.38. The number of aliphatic hydroxyl groups is 1. The summed E-state index contributed by atoms with van der Waals surface area (Å²) in [7, 11) is 0. The topological polar surface area (TPSA) is 46.5 Å². The molecule has 0 bridgehead atoms. The normalized spacial score (nSPS) is 18.0. The molecule has 34 heavy (non-hydrogen) atoms. The van der Waals surface area contributed by atoms with E-state index >= 15 is 0 Å². The number of rotatable bonds is 12. The minimum atomic E-state index is -0.590. The summed E-state index contributed by atoms with van der Waals surface area (Å²) in [5.41, 5.74) is 3.80. The molecule has 1 aliphatic carbocycles. The van der Waals surface area contributed by atoms with Crippen LogP contribution in [0.3, 0.4) is 0 Å². The van der Waals surface area contributed by atoms with Gasteiger partial charge in [-0.3, -0.25) is 0 Å². The molecule has 184 valence electrons. The molecule has 3 nitrogen and oxygen atoms in total. The number of halogens is 1. The maximum absolute atomic E-state index is 14.8. The molecule has 1 aliphatic rings. The molecule has 2 aromatic rings. The number of hydrogen-bond donors (Lipinski definition) is 1. The number of hydrogen-bond acceptors (Lipinski definition) is 3. The third-order valence-electron chi connectivity index (χ3n) is 7.11. The van der Waals surface area contributed by atoms with Crippen LogP contribution in [0.25, 0.3) is 11.1 Å². The van der Waals surface area contributed by atoms with Crippen molar-refractivity contribution in [3.63, 3.8) is 0 Å². The van der Waals surface area contributed by atoms with Gasteiger partial charge in [-0.15, -0.1) is 0 Å². The Morgan fingerprint density at radius 2 is 1.79 bits per heavy atom. The smallest absolute Gasteiger partial charge is 0.335 e. The Kier molecular flexibility index (Phi) is 10.3. The monoisotopic (exact) mass is 466 g/mol. The molecule has 0 radical (unpaired) electrons. The number of ether oxygens (including phenoxy) is 1. The fourth-order valence-corrected chi connectivity index (χ4v) is 4.96. The van der Waals surface area contributed by atoms with E-state index in [2.05, 4.69) is 25.6 Å². The predicted molar refractivity (Wildman–Crippen MR) is 136 cm³/mol. The first kappa shape index (κ1) is 26.2. The van der Waals surface area contributed by atoms with Crippen LogP contribution in [0, 0.1) is 11.7 Å². The molecule has 1 fully saturated rings.